The molecule has 3 heteroatoms. The Kier molecular flexibility index (Phi) is 4.89. The Morgan fingerprint density at radius 2 is 2.18 bits per heavy atom. The van der Waals surface area contributed by atoms with Crippen molar-refractivity contribution in [2.75, 3.05) is 12.4 Å². The van der Waals surface area contributed by atoms with Gasteiger partial charge in [0.25, 0.3) is 0 Å². The molecule has 1 aromatic carbocycles. The first-order valence-electron chi connectivity index (χ1n) is 6.34. The number of aliphatic hydroxyl groups excluding tert-OH is 1. The molecule has 0 amide bonds. The molecule has 0 spiro atoms. The number of benzene rings is 1. The van der Waals surface area contributed by atoms with Crippen LogP contribution in [0, 0.1) is 0 Å². The molecule has 0 aromatic heterocycles. The molecular weight excluding hydrogens is 230 g/mol. The lowest BCUT2D eigenvalue weighted by Crippen LogP contribution is -2.42. The fraction of sp³-hybridized carbons (Fsp3) is 0.571. The Morgan fingerprint density at radius 1 is 1.41 bits per heavy atom. The van der Waals surface area contributed by atoms with Crippen LogP contribution in [0.5, 0.6) is 0 Å². The zero-order chi connectivity index (χ0) is 12.1. The summed E-state index contributed by atoms with van der Waals surface area (Å²) in [6.45, 7) is 2.44. The van der Waals surface area contributed by atoms with Crippen LogP contribution in [0.15, 0.2) is 30.3 Å². The molecule has 1 fully saturated rings. The topological polar surface area (TPSA) is 32.3 Å². The molecule has 2 rings (SSSR count). The van der Waals surface area contributed by atoms with E-state index < -0.39 is 0 Å². The molecule has 1 heterocycles. The predicted octanol–water partition coefficient (Wildman–Crippen LogP) is 2.59. The molecule has 2 nitrogen and oxygen atoms in total. The van der Waals surface area contributed by atoms with Gasteiger partial charge in [0.2, 0.25) is 0 Å². The van der Waals surface area contributed by atoms with Crippen molar-refractivity contribution in [3.63, 3.8) is 0 Å². The molecule has 3 atom stereocenters. The van der Waals surface area contributed by atoms with Gasteiger partial charge in [0.05, 0.1) is 12.6 Å². The van der Waals surface area contributed by atoms with E-state index in [1.165, 1.54) is 24.2 Å². The van der Waals surface area contributed by atoms with Crippen molar-refractivity contribution >= 4 is 11.8 Å². The van der Waals surface area contributed by atoms with E-state index in [0.717, 1.165) is 0 Å². The lowest BCUT2D eigenvalue weighted by Gasteiger charge is -2.32. The minimum absolute atomic E-state index is 0.0716. The van der Waals surface area contributed by atoms with Gasteiger partial charge in [-0.15, -0.1) is 0 Å². The third-order valence-electron chi connectivity index (χ3n) is 3.41. The Balaban J connectivity index is 1.99. The average Bonchev–Trinajstić information content (AvgIpc) is 2.39. The maximum atomic E-state index is 9.53. The Morgan fingerprint density at radius 3 is 2.82 bits per heavy atom. The zero-order valence-electron chi connectivity index (χ0n) is 10.3. The van der Waals surface area contributed by atoms with Gasteiger partial charge in [0, 0.05) is 11.3 Å². The summed E-state index contributed by atoms with van der Waals surface area (Å²) in [5, 5.41) is 13.8. The van der Waals surface area contributed by atoms with E-state index in [9.17, 15) is 5.11 Å². The second kappa shape index (κ2) is 6.43. The third kappa shape index (κ3) is 3.47. The number of hydrogen-bond acceptors (Lipinski definition) is 3. The molecule has 3 unspecified atom stereocenters. The van der Waals surface area contributed by atoms with E-state index in [4.69, 9.17) is 0 Å². The molecular formula is C14H21NOS. The van der Waals surface area contributed by atoms with Crippen LogP contribution >= 0.6 is 11.8 Å². The minimum atomic E-state index is 0.0716. The van der Waals surface area contributed by atoms with Gasteiger partial charge < -0.3 is 10.4 Å². The van der Waals surface area contributed by atoms with E-state index in [2.05, 4.69) is 24.4 Å². The molecule has 1 aliphatic rings. The molecule has 0 bridgehead atoms. The van der Waals surface area contributed by atoms with E-state index in [1.807, 2.05) is 30.0 Å². The van der Waals surface area contributed by atoms with Crippen LogP contribution in [0.1, 0.15) is 31.4 Å². The SMILES string of the molecule is CC1SCCCC1NC(CO)c1ccccc1. The van der Waals surface area contributed by atoms with Crippen LogP contribution in [0.2, 0.25) is 0 Å². The van der Waals surface area contributed by atoms with Gasteiger partial charge in [-0.25, -0.2) is 0 Å². The third-order valence-corrected chi connectivity index (χ3v) is 4.79. The van der Waals surface area contributed by atoms with Crippen LogP contribution in [-0.2, 0) is 0 Å². The summed E-state index contributed by atoms with van der Waals surface area (Å²) in [6.07, 6.45) is 2.50. The van der Waals surface area contributed by atoms with Gasteiger partial charge >= 0.3 is 0 Å². The molecule has 1 saturated heterocycles. The summed E-state index contributed by atoms with van der Waals surface area (Å²) in [5.74, 6) is 1.27. The largest absolute Gasteiger partial charge is 0.394 e. The van der Waals surface area contributed by atoms with Gasteiger partial charge in [-0.1, -0.05) is 37.3 Å². The van der Waals surface area contributed by atoms with Gasteiger partial charge in [-0.3, -0.25) is 0 Å². The smallest absolute Gasteiger partial charge is 0.0626 e. The summed E-state index contributed by atoms with van der Waals surface area (Å²) in [5.41, 5.74) is 1.18. The van der Waals surface area contributed by atoms with Crippen LogP contribution < -0.4 is 5.32 Å². The van der Waals surface area contributed by atoms with Gasteiger partial charge in [-0.05, 0) is 24.2 Å². The number of hydrogen-bond donors (Lipinski definition) is 2. The van der Waals surface area contributed by atoms with E-state index in [1.54, 1.807) is 0 Å². The highest BCUT2D eigenvalue weighted by Gasteiger charge is 2.24. The van der Waals surface area contributed by atoms with Crippen molar-refractivity contribution in [3.8, 4) is 0 Å². The highest BCUT2D eigenvalue weighted by Crippen LogP contribution is 2.27. The molecule has 1 aliphatic heterocycles. The lowest BCUT2D eigenvalue weighted by atomic mass is 10.0. The van der Waals surface area contributed by atoms with E-state index >= 15 is 0 Å². The number of aliphatic hydroxyl groups is 1. The van der Waals surface area contributed by atoms with Crippen molar-refractivity contribution in [2.24, 2.45) is 0 Å². The van der Waals surface area contributed by atoms with Crippen molar-refractivity contribution in [1.82, 2.24) is 5.32 Å². The Hall–Kier alpha value is -0.510. The van der Waals surface area contributed by atoms with Crippen LogP contribution in [-0.4, -0.2) is 28.8 Å². The molecule has 0 aliphatic carbocycles. The average molecular weight is 251 g/mol. The molecule has 0 saturated carbocycles. The molecule has 1 aromatic rings. The maximum Gasteiger partial charge on any atom is 0.0626 e. The Bertz CT molecular complexity index is 330. The first kappa shape index (κ1) is 12.9. The number of rotatable bonds is 4. The molecule has 0 radical (unpaired) electrons. The van der Waals surface area contributed by atoms with Crippen molar-refractivity contribution in [2.45, 2.75) is 37.1 Å². The van der Waals surface area contributed by atoms with Crippen molar-refractivity contribution in [1.29, 1.82) is 0 Å². The predicted molar refractivity (Wildman–Crippen MR) is 74.3 cm³/mol. The summed E-state index contributed by atoms with van der Waals surface area (Å²) < 4.78 is 0. The second-order valence-corrected chi connectivity index (χ2v) is 6.12. The van der Waals surface area contributed by atoms with Crippen LogP contribution in [0.25, 0.3) is 0 Å². The highest BCUT2D eigenvalue weighted by molar-refractivity contribution is 7.99. The summed E-state index contributed by atoms with van der Waals surface area (Å²) in [4.78, 5) is 0. The van der Waals surface area contributed by atoms with Gasteiger partial charge in [-0.2, -0.15) is 11.8 Å². The summed E-state index contributed by atoms with van der Waals surface area (Å²) in [7, 11) is 0. The quantitative estimate of drug-likeness (QED) is 0.862. The van der Waals surface area contributed by atoms with Crippen molar-refractivity contribution < 1.29 is 5.11 Å². The fourth-order valence-corrected chi connectivity index (χ4v) is 3.49. The number of thioether (sulfide) groups is 1. The van der Waals surface area contributed by atoms with Gasteiger partial charge in [0.1, 0.15) is 0 Å². The standard InChI is InChI=1S/C14H21NOS/c1-11-13(8-5-9-17-11)15-14(10-16)12-6-3-2-4-7-12/h2-4,6-7,11,13-16H,5,8-10H2,1H3. The van der Waals surface area contributed by atoms with Crippen molar-refractivity contribution in [3.05, 3.63) is 35.9 Å². The highest BCUT2D eigenvalue weighted by atomic mass is 32.2. The van der Waals surface area contributed by atoms with E-state index in [-0.39, 0.29) is 12.6 Å². The van der Waals surface area contributed by atoms with E-state index in [0.29, 0.717) is 11.3 Å². The number of nitrogens with one attached hydrogen (secondary N) is 1. The molecule has 17 heavy (non-hydrogen) atoms. The summed E-state index contributed by atoms with van der Waals surface area (Å²) >= 11 is 2.03. The van der Waals surface area contributed by atoms with Gasteiger partial charge in [0.15, 0.2) is 0 Å². The lowest BCUT2D eigenvalue weighted by molar-refractivity contribution is 0.229. The van der Waals surface area contributed by atoms with Crippen LogP contribution in [0.3, 0.4) is 0 Å². The first-order chi connectivity index (χ1) is 8.31. The Labute approximate surface area is 108 Å². The zero-order valence-corrected chi connectivity index (χ0v) is 11.1. The van der Waals surface area contributed by atoms with Crippen LogP contribution in [0.4, 0.5) is 0 Å². The first-order valence-corrected chi connectivity index (χ1v) is 7.39. The normalized spacial score (nSPS) is 26.7. The maximum absolute atomic E-state index is 9.53. The monoisotopic (exact) mass is 251 g/mol. The molecule has 2 N–H and O–H groups in total. The summed E-state index contributed by atoms with van der Waals surface area (Å²) in [6, 6.07) is 10.8. The fourth-order valence-electron chi connectivity index (χ4n) is 2.34. The molecule has 94 valence electrons. The minimum Gasteiger partial charge on any atom is -0.394 e. The second-order valence-electron chi connectivity index (χ2n) is 4.64.